The van der Waals surface area contributed by atoms with Gasteiger partial charge in [0.05, 0.1) is 13.0 Å². The number of carbonyl (C=O) groups excluding carboxylic acids is 1. The van der Waals surface area contributed by atoms with Gasteiger partial charge in [0.2, 0.25) is 5.91 Å². The van der Waals surface area contributed by atoms with Crippen LogP contribution in [0.3, 0.4) is 0 Å². The summed E-state index contributed by atoms with van der Waals surface area (Å²) in [4.78, 5) is 24.4. The second kappa shape index (κ2) is 7.87. The van der Waals surface area contributed by atoms with E-state index in [9.17, 15) is 9.59 Å². The largest absolute Gasteiger partial charge is 0.481 e. The monoisotopic (exact) mass is 257 g/mol. The minimum atomic E-state index is -0.889. The van der Waals surface area contributed by atoms with Crippen LogP contribution in [0.4, 0.5) is 0 Å². The Balaban J connectivity index is 4.47. The van der Waals surface area contributed by atoms with Crippen LogP contribution >= 0.6 is 0 Å². The molecule has 0 aliphatic carbocycles. The summed E-state index contributed by atoms with van der Waals surface area (Å²) in [6.07, 6.45) is 1.83. The maximum absolute atomic E-state index is 12.1. The number of hydrogen-bond donors (Lipinski definition) is 1. The summed E-state index contributed by atoms with van der Waals surface area (Å²) in [6.45, 7) is 8.56. The molecule has 0 aromatic carbocycles. The third-order valence-electron chi connectivity index (χ3n) is 2.53. The van der Waals surface area contributed by atoms with Crippen LogP contribution in [0.5, 0.6) is 0 Å². The molecular weight excluding hydrogens is 234 g/mol. The molecule has 0 fully saturated rings. The first-order valence-electron chi connectivity index (χ1n) is 5.92. The molecule has 0 saturated carbocycles. The summed E-state index contributed by atoms with van der Waals surface area (Å²) >= 11 is 0. The molecule has 0 aromatic heterocycles. The predicted molar refractivity (Wildman–Crippen MR) is 69.3 cm³/mol. The maximum Gasteiger partial charge on any atom is 0.303 e. The average molecular weight is 257 g/mol. The molecular formula is C13H23NO4. The lowest BCUT2D eigenvalue weighted by Gasteiger charge is -2.27. The van der Waals surface area contributed by atoms with Crippen LogP contribution in [0.2, 0.25) is 0 Å². The van der Waals surface area contributed by atoms with Crippen molar-refractivity contribution in [2.45, 2.75) is 26.7 Å². The van der Waals surface area contributed by atoms with Crippen molar-refractivity contribution >= 4 is 11.9 Å². The van der Waals surface area contributed by atoms with E-state index in [0.29, 0.717) is 19.7 Å². The van der Waals surface area contributed by atoms with Gasteiger partial charge in [0.15, 0.2) is 0 Å². The fourth-order valence-corrected chi connectivity index (χ4v) is 1.67. The minimum Gasteiger partial charge on any atom is -0.481 e. The first-order chi connectivity index (χ1) is 8.32. The molecule has 0 rings (SSSR count). The number of hydrogen-bond acceptors (Lipinski definition) is 3. The van der Waals surface area contributed by atoms with Gasteiger partial charge in [-0.05, 0) is 5.41 Å². The number of aliphatic carboxylic acids is 1. The van der Waals surface area contributed by atoms with Crippen molar-refractivity contribution in [3.05, 3.63) is 12.7 Å². The van der Waals surface area contributed by atoms with Crippen LogP contribution in [-0.2, 0) is 14.3 Å². The first-order valence-corrected chi connectivity index (χ1v) is 5.92. The van der Waals surface area contributed by atoms with Gasteiger partial charge in [-0.15, -0.1) is 6.58 Å². The van der Waals surface area contributed by atoms with Crippen molar-refractivity contribution in [3.8, 4) is 0 Å². The van der Waals surface area contributed by atoms with E-state index in [1.165, 1.54) is 0 Å². The fraction of sp³-hybridized carbons (Fsp3) is 0.692. The molecule has 0 bridgehead atoms. The molecule has 0 aliphatic rings. The lowest BCUT2D eigenvalue weighted by Crippen LogP contribution is -2.37. The van der Waals surface area contributed by atoms with Gasteiger partial charge in [-0.1, -0.05) is 19.9 Å². The molecule has 0 atom stereocenters. The van der Waals surface area contributed by atoms with Crippen molar-refractivity contribution in [1.29, 1.82) is 0 Å². The number of amides is 1. The predicted octanol–water partition coefficient (Wildman–Crippen LogP) is 1.54. The van der Waals surface area contributed by atoms with Gasteiger partial charge in [0.25, 0.3) is 0 Å². The van der Waals surface area contributed by atoms with Crippen LogP contribution in [0.15, 0.2) is 12.7 Å². The second-order valence-corrected chi connectivity index (χ2v) is 5.03. The Morgan fingerprint density at radius 2 is 2.00 bits per heavy atom. The minimum absolute atomic E-state index is 0.0229. The number of carbonyl (C=O) groups is 2. The zero-order valence-corrected chi connectivity index (χ0v) is 11.4. The maximum atomic E-state index is 12.1. The fourth-order valence-electron chi connectivity index (χ4n) is 1.67. The van der Waals surface area contributed by atoms with Crippen LogP contribution in [0.1, 0.15) is 26.7 Å². The molecule has 0 unspecified atom stereocenters. The molecule has 0 aliphatic heterocycles. The highest BCUT2D eigenvalue weighted by Crippen LogP contribution is 2.25. The smallest absolute Gasteiger partial charge is 0.303 e. The van der Waals surface area contributed by atoms with Gasteiger partial charge < -0.3 is 14.7 Å². The molecule has 0 aromatic rings. The summed E-state index contributed by atoms with van der Waals surface area (Å²) in [5, 5.41) is 8.78. The molecule has 0 spiro atoms. The van der Waals surface area contributed by atoms with E-state index in [4.69, 9.17) is 9.84 Å². The molecule has 104 valence electrons. The SMILES string of the molecule is C=CCN(CCOC)C(=O)CC(C)(C)CC(=O)O. The first kappa shape index (κ1) is 16.6. The van der Waals surface area contributed by atoms with Gasteiger partial charge in [-0.2, -0.15) is 0 Å². The highest BCUT2D eigenvalue weighted by molar-refractivity contribution is 5.78. The number of rotatable bonds is 9. The third-order valence-corrected chi connectivity index (χ3v) is 2.53. The van der Waals surface area contributed by atoms with E-state index in [-0.39, 0.29) is 18.7 Å². The Kier molecular flexibility index (Phi) is 7.27. The van der Waals surface area contributed by atoms with Gasteiger partial charge >= 0.3 is 5.97 Å². The summed E-state index contributed by atoms with van der Waals surface area (Å²) in [5.41, 5.74) is -0.546. The van der Waals surface area contributed by atoms with Crippen LogP contribution in [0.25, 0.3) is 0 Å². The van der Waals surface area contributed by atoms with E-state index in [2.05, 4.69) is 6.58 Å². The van der Waals surface area contributed by atoms with Crippen LogP contribution in [-0.4, -0.2) is 48.7 Å². The van der Waals surface area contributed by atoms with E-state index in [0.717, 1.165) is 0 Å². The van der Waals surface area contributed by atoms with Crippen molar-refractivity contribution in [2.24, 2.45) is 5.41 Å². The Bertz CT molecular complexity index is 299. The number of carboxylic acid groups (broad SMARTS) is 1. The zero-order chi connectivity index (χ0) is 14.2. The summed E-state index contributed by atoms with van der Waals surface area (Å²) in [7, 11) is 1.57. The lowest BCUT2D eigenvalue weighted by molar-refractivity contribution is -0.140. The Morgan fingerprint density at radius 1 is 1.39 bits per heavy atom. The summed E-state index contributed by atoms with van der Waals surface area (Å²) in [5.74, 6) is -0.960. The molecule has 1 amide bonds. The number of nitrogens with zero attached hydrogens (tertiary/aromatic N) is 1. The lowest BCUT2D eigenvalue weighted by atomic mass is 9.85. The Hall–Kier alpha value is -1.36. The van der Waals surface area contributed by atoms with Gasteiger partial charge in [-0.3, -0.25) is 9.59 Å². The van der Waals surface area contributed by atoms with E-state index >= 15 is 0 Å². The summed E-state index contributed by atoms with van der Waals surface area (Å²) in [6, 6.07) is 0. The van der Waals surface area contributed by atoms with Crippen LogP contribution in [0, 0.1) is 5.41 Å². The average Bonchev–Trinajstić information content (AvgIpc) is 2.21. The molecule has 1 N–H and O–H groups in total. The zero-order valence-electron chi connectivity index (χ0n) is 11.4. The Morgan fingerprint density at radius 3 is 2.44 bits per heavy atom. The van der Waals surface area contributed by atoms with Crippen molar-refractivity contribution in [2.75, 3.05) is 26.8 Å². The van der Waals surface area contributed by atoms with Crippen molar-refractivity contribution in [1.82, 2.24) is 4.90 Å². The normalized spacial score (nSPS) is 11.1. The Labute approximate surface area is 108 Å². The molecule has 0 saturated heterocycles. The third kappa shape index (κ3) is 7.06. The second-order valence-electron chi connectivity index (χ2n) is 5.03. The topological polar surface area (TPSA) is 66.8 Å². The van der Waals surface area contributed by atoms with E-state index in [1.54, 1.807) is 31.9 Å². The highest BCUT2D eigenvalue weighted by atomic mass is 16.5. The highest BCUT2D eigenvalue weighted by Gasteiger charge is 2.27. The van der Waals surface area contributed by atoms with Gasteiger partial charge in [0, 0.05) is 26.6 Å². The van der Waals surface area contributed by atoms with E-state index < -0.39 is 11.4 Å². The number of methoxy groups -OCH3 is 1. The molecule has 5 nitrogen and oxygen atoms in total. The number of ether oxygens (including phenoxy) is 1. The van der Waals surface area contributed by atoms with Gasteiger partial charge in [0.1, 0.15) is 0 Å². The molecule has 5 heteroatoms. The van der Waals surface area contributed by atoms with Crippen molar-refractivity contribution in [3.63, 3.8) is 0 Å². The quantitative estimate of drug-likeness (QED) is 0.636. The van der Waals surface area contributed by atoms with E-state index in [1.807, 2.05) is 0 Å². The van der Waals surface area contributed by atoms with Crippen LogP contribution < -0.4 is 0 Å². The van der Waals surface area contributed by atoms with Gasteiger partial charge in [-0.25, -0.2) is 0 Å². The standard InChI is InChI=1S/C13H23NO4/c1-5-6-14(7-8-18-4)11(15)9-13(2,3)10-12(16)17/h5H,1,6-10H2,2-4H3,(H,16,17). The summed E-state index contributed by atoms with van der Waals surface area (Å²) < 4.78 is 4.94. The molecule has 0 heterocycles. The van der Waals surface area contributed by atoms with Crippen molar-refractivity contribution < 1.29 is 19.4 Å². The number of carboxylic acids is 1. The molecule has 0 radical (unpaired) electrons. The molecule has 18 heavy (non-hydrogen) atoms.